The second-order valence-corrected chi connectivity index (χ2v) is 14.9. The number of hydrogen-bond acceptors (Lipinski definition) is 5. The molecule has 2 saturated carbocycles. The molecule has 0 bridgehead atoms. The molecule has 5 heteroatoms. The highest BCUT2D eigenvalue weighted by atomic mass is 16.6. The molecule has 0 spiro atoms. The maximum atomic E-state index is 12.9. The molecule has 0 amide bonds. The minimum absolute atomic E-state index is 0.0270. The van der Waals surface area contributed by atoms with Gasteiger partial charge in [-0.3, -0.25) is 9.59 Å². The van der Waals surface area contributed by atoms with Gasteiger partial charge in [-0.1, -0.05) is 53.7 Å². The van der Waals surface area contributed by atoms with Crippen LogP contribution in [0.2, 0.25) is 0 Å². The summed E-state index contributed by atoms with van der Waals surface area (Å²) >= 11 is 0. The van der Waals surface area contributed by atoms with Gasteiger partial charge >= 0.3 is 5.97 Å². The predicted molar refractivity (Wildman–Crippen MR) is 144 cm³/mol. The van der Waals surface area contributed by atoms with Crippen LogP contribution in [0.4, 0.5) is 0 Å². The lowest BCUT2D eigenvalue weighted by Crippen LogP contribution is -2.61. The Morgan fingerprint density at radius 3 is 2.49 bits per heavy atom. The highest BCUT2D eigenvalue weighted by molar-refractivity contribution is 5.85. The number of aliphatic hydroxyl groups is 1. The summed E-state index contributed by atoms with van der Waals surface area (Å²) in [6, 6.07) is 0. The Kier molecular flexibility index (Phi) is 6.06. The smallest absolute Gasteiger partial charge is 0.303 e. The van der Waals surface area contributed by atoms with Gasteiger partial charge in [-0.25, -0.2) is 0 Å². The second kappa shape index (κ2) is 8.27. The van der Waals surface area contributed by atoms with E-state index in [0.29, 0.717) is 24.0 Å². The summed E-state index contributed by atoms with van der Waals surface area (Å²) in [4.78, 5) is 24.8. The number of carbonyl (C=O) groups is 2. The van der Waals surface area contributed by atoms with E-state index in [4.69, 9.17) is 9.47 Å². The summed E-state index contributed by atoms with van der Waals surface area (Å²) in [5.41, 5.74) is 1.55. The first-order valence-electron chi connectivity index (χ1n) is 14.5. The monoisotopic (exact) mass is 512 g/mol. The van der Waals surface area contributed by atoms with E-state index in [-0.39, 0.29) is 39.8 Å². The average Bonchev–Trinajstić information content (AvgIpc) is 3.07. The number of Topliss-reactive ketones (excluding diaryl/α,β-unsaturated/α-hetero) is 1. The maximum absolute atomic E-state index is 12.9. The van der Waals surface area contributed by atoms with Crippen LogP contribution in [0, 0.1) is 39.4 Å². The highest BCUT2D eigenvalue weighted by Gasteiger charge is 2.67. The summed E-state index contributed by atoms with van der Waals surface area (Å²) < 4.78 is 12.4. The van der Waals surface area contributed by atoms with Crippen molar-refractivity contribution in [2.75, 3.05) is 0 Å². The molecule has 1 heterocycles. The number of esters is 1. The molecule has 1 N–H and O–H groups in total. The second-order valence-electron chi connectivity index (χ2n) is 14.9. The molecule has 0 aromatic rings. The van der Waals surface area contributed by atoms with Crippen LogP contribution in [0.25, 0.3) is 0 Å². The molecule has 206 valence electrons. The Morgan fingerprint density at radius 2 is 1.86 bits per heavy atom. The summed E-state index contributed by atoms with van der Waals surface area (Å²) in [6.07, 6.45) is 9.32. The third kappa shape index (κ3) is 3.69. The molecular weight excluding hydrogens is 464 g/mol. The van der Waals surface area contributed by atoms with Crippen molar-refractivity contribution in [3.8, 4) is 0 Å². The van der Waals surface area contributed by atoms with Gasteiger partial charge < -0.3 is 14.6 Å². The van der Waals surface area contributed by atoms with E-state index in [2.05, 4.69) is 53.7 Å². The molecule has 9 atom stereocenters. The summed E-state index contributed by atoms with van der Waals surface area (Å²) in [5, 5.41) is 10.9. The number of fused-ring (bicyclic) bond motifs is 6. The zero-order valence-corrected chi connectivity index (χ0v) is 24.4. The van der Waals surface area contributed by atoms with Crippen molar-refractivity contribution in [3.63, 3.8) is 0 Å². The number of ether oxygens (including phenoxy) is 2. The van der Waals surface area contributed by atoms with Gasteiger partial charge in [0.15, 0.2) is 6.10 Å². The van der Waals surface area contributed by atoms with E-state index in [1.165, 1.54) is 18.1 Å². The van der Waals surface area contributed by atoms with Gasteiger partial charge in [0.1, 0.15) is 5.78 Å². The maximum Gasteiger partial charge on any atom is 0.303 e. The third-order valence-electron chi connectivity index (χ3n) is 12.0. The fourth-order valence-corrected chi connectivity index (χ4v) is 9.93. The van der Waals surface area contributed by atoms with Crippen LogP contribution in [0.15, 0.2) is 23.3 Å². The Labute approximate surface area is 223 Å². The van der Waals surface area contributed by atoms with Crippen LogP contribution in [0.3, 0.4) is 0 Å². The van der Waals surface area contributed by atoms with Crippen molar-refractivity contribution >= 4 is 11.8 Å². The zero-order valence-electron chi connectivity index (χ0n) is 24.4. The first-order chi connectivity index (χ1) is 17.0. The molecule has 37 heavy (non-hydrogen) atoms. The lowest BCUT2D eigenvalue weighted by atomic mass is 9.37. The first kappa shape index (κ1) is 27.1. The fraction of sp³-hybridized carbons (Fsp3) is 0.812. The van der Waals surface area contributed by atoms with Crippen molar-refractivity contribution < 1.29 is 24.2 Å². The van der Waals surface area contributed by atoms with E-state index >= 15 is 0 Å². The molecular formula is C32H48O5. The lowest BCUT2D eigenvalue weighted by Gasteiger charge is -2.66. The molecule has 3 fully saturated rings. The van der Waals surface area contributed by atoms with E-state index in [0.717, 1.165) is 32.1 Å². The Balaban J connectivity index is 1.50. The van der Waals surface area contributed by atoms with Gasteiger partial charge in [-0.05, 0) is 85.7 Å². The summed E-state index contributed by atoms with van der Waals surface area (Å²) in [7, 11) is 0. The number of allylic oxidation sites excluding steroid dienone is 3. The topological polar surface area (TPSA) is 72.8 Å². The van der Waals surface area contributed by atoms with Gasteiger partial charge in [0.05, 0.1) is 17.8 Å². The third-order valence-corrected chi connectivity index (χ3v) is 12.0. The quantitative estimate of drug-likeness (QED) is 0.457. The van der Waals surface area contributed by atoms with Crippen molar-refractivity contribution in [2.45, 2.75) is 125 Å². The van der Waals surface area contributed by atoms with Crippen molar-refractivity contribution in [3.05, 3.63) is 23.3 Å². The van der Waals surface area contributed by atoms with E-state index in [1.807, 2.05) is 0 Å². The highest BCUT2D eigenvalue weighted by Crippen LogP contribution is 2.73. The molecule has 0 aromatic heterocycles. The van der Waals surface area contributed by atoms with E-state index in [1.54, 1.807) is 13.8 Å². The predicted octanol–water partition coefficient (Wildman–Crippen LogP) is 6.19. The standard InChI is InChI=1S/C32H48O5/c1-18-16-21(27(29(5,6)35)36-19(2)33)37-22-17-32(9)20(26(18)22)10-11-24-30(7)14-13-25(34)28(3,4)23(30)12-15-31(24,32)8/h10-11,18,21-24,27,35H,12-17H2,1-9H3/t18-,21+,22+,23+,24+,27-,30+,31+,32+/m1/s1. The Morgan fingerprint density at radius 1 is 1.19 bits per heavy atom. The van der Waals surface area contributed by atoms with Crippen LogP contribution in [-0.2, 0) is 19.1 Å². The minimum atomic E-state index is -1.19. The Bertz CT molecular complexity index is 1060. The Hall–Kier alpha value is -1.46. The molecule has 5 rings (SSSR count). The first-order valence-corrected chi connectivity index (χ1v) is 14.5. The number of hydrogen-bond donors (Lipinski definition) is 1. The molecule has 1 saturated heterocycles. The van der Waals surface area contributed by atoms with E-state index < -0.39 is 17.7 Å². The van der Waals surface area contributed by atoms with Gasteiger partial charge in [-0.15, -0.1) is 0 Å². The van der Waals surface area contributed by atoms with Gasteiger partial charge in [-0.2, -0.15) is 0 Å². The van der Waals surface area contributed by atoms with Crippen molar-refractivity contribution in [1.29, 1.82) is 0 Å². The van der Waals surface area contributed by atoms with Gasteiger partial charge in [0.2, 0.25) is 0 Å². The SMILES string of the molecule is CC(=O)O[C@H]([C@@H]1C[C@@H](C)C2=C3C=C[C@H]4[C@@]5(C)CCC(=O)C(C)(C)[C@@H]5CC[C@]4(C)[C@@]3(C)C[C@@H]2O1)C(C)(C)O. The minimum Gasteiger partial charge on any atom is -0.457 e. The number of rotatable bonds is 3. The molecule has 0 aromatic carbocycles. The number of ketones is 1. The molecule has 1 aliphatic heterocycles. The molecule has 5 aliphatic rings. The molecule has 5 nitrogen and oxygen atoms in total. The largest absolute Gasteiger partial charge is 0.457 e. The van der Waals surface area contributed by atoms with Gasteiger partial charge in [0, 0.05) is 24.2 Å². The van der Waals surface area contributed by atoms with Gasteiger partial charge in [0.25, 0.3) is 0 Å². The van der Waals surface area contributed by atoms with Crippen molar-refractivity contribution in [1.82, 2.24) is 0 Å². The van der Waals surface area contributed by atoms with E-state index in [9.17, 15) is 14.7 Å². The normalized spacial score (nSPS) is 45.5. The van der Waals surface area contributed by atoms with Crippen molar-refractivity contribution in [2.24, 2.45) is 39.4 Å². The zero-order chi connectivity index (χ0) is 27.3. The van der Waals surface area contributed by atoms with Crippen LogP contribution in [0.5, 0.6) is 0 Å². The van der Waals surface area contributed by atoms with Crippen LogP contribution in [-0.4, -0.2) is 40.8 Å². The molecule has 0 radical (unpaired) electrons. The fourth-order valence-electron chi connectivity index (χ4n) is 9.93. The average molecular weight is 513 g/mol. The summed E-state index contributed by atoms with van der Waals surface area (Å²) in [6.45, 7) is 18.8. The number of carbonyl (C=O) groups excluding carboxylic acids is 2. The molecule has 4 aliphatic carbocycles. The molecule has 0 unspecified atom stereocenters. The lowest BCUT2D eigenvalue weighted by molar-refractivity contribution is -0.193. The van der Waals surface area contributed by atoms with Crippen LogP contribution >= 0.6 is 0 Å². The summed E-state index contributed by atoms with van der Waals surface area (Å²) in [5.74, 6) is 1.14. The van der Waals surface area contributed by atoms with Crippen LogP contribution in [0.1, 0.15) is 101 Å². The van der Waals surface area contributed by atoms with Crippen LogP contribution < -0.4 is 0 Å².